The first kappa shape index (κ1) is 12.9. The summed E-state index contributed by atoms with van der Waals surface area (Å²) in [7, 11) is 1.67. The third-order valence-corrected chi connectivity index (χ3v) is 3.63. The molecule has 0 saturated heterocycles. The average molecular weight is 329 g/mol. The maximum absolute atomic E-state index is 5.17. The molecule has 2 aromatic carbocycles. The Bertz CT molecular complexity index is 702. The molecule has 0 aliphatic carbocycles. The summed E-state index contributed by atoms with van der Waals surface area (Å²) in [5.41, 5.74) is 3.23. The fourth-order valence-electron chi connectivity index (χ4n) is 1.99. The van der Waals surface area contributed by atoms with Gasteiger partial charge in [0.2, 0.25) is 0 Å². The van der Waals surface area contributed by atoms with Crippen LogP contribution in [0.4, 0.5) is 0 Å². The van der Waals surface area contributed by atoms with Gasteiger partial charge in [-0.25, -0.2) is 4.68 Å². The van der Waals surface area contributed by atoms with Crippen molar-refractivity contribution in [2.45, 2.75) is 0 Å². The second-order valence-electron chi connectivity index (χ2n) is 4.38. The zero-order valence-corrected chi connectivity index (χ0v) is 12.5. The third-order valence-electron chi connectivity index (χ3n) is 3.10. The first-order valence-electron chi connectivity index (χ1n) is 6.21. The number of nitrogens with zero attached hydrogens (tertiary/aromatic N) is 2. The molecule has 20 heavy (non-hydrogen) atoms. The largest absolute Gasteiger partial charge is 0.497 e. The van der Waals surface area contributed by atoms with Crippen molar-refractivity contribution in [2.24, 2.45) is 0 Å². The number of hydrogen-bond donors (Lipinski definition) is 0. The van der Waals surface area contributed by atoms with E-state index in [9.17, 15) is 0 Å². The van der Waals surface area contributed by atoms with Crippen LogP contribution < -0.4 is 4.74 Å². The molecule has 1 aromatic heterocycles. The molecule has 0 bridgehead atoms. The van der Waals surface area contributed by atoms with Gasteiger partial charge in [0.05, 0.1) is 19.0 Å². The van der Waals surface area contributed by atoms with Crippen molar-refractivity contribution in [2.75, 3.05) is 7.11 Å². The van der Waals surface area contributed by atoms with Crippen LogP contribution in [0.25, 0.3) is 16.8 Å². The van der Waals surface area contributed by atoms with Crippen molar-refractivity contribution in [3.05, 3.63) is 65.4 Å². The highest BCUT2D eigenvalue weighted by Crippen LogP contribution is 2.23. The van der Waals surface area contributed by atoms with Crippen molar-refractivity contribution in [1.82, 2.24) is 9.78 Å². The van der Waals surface area contributed by atoms with Gasteiger partial charge < -0.3 is 4.74 Å². The highest BCUT2D eigenvalue weighted by atomic mass is 79.9. The van der Waals surface area contributed by atoms with Gasteiger partial charge in [-0.2, -0.15) is 5.10 Å². The quantitative estimate of drug-likeness (QED) is 0.716. The van der Waals surface area contributed by atoms with Crippen molar-refractivity contribution in [1.29, 1.82) is 0 Å². The topological polar surface area (TPSA) is 27.1 Å². The lowest BCUT2D eigenvalue weighted by molar-refractivity contribution is 0.415. The monoisotopic (exact) mass is 328 g/mol. The SMILES string of the molecule is COc1ccc(-c2cnn(-c3ccc(Br)cc3)c2)cc1. The Balaban J connectivity index is 1.91. The first-order valence-corrected chi connectivity index (χ1v) is 7.00. The maximum Gasteiger partial charge on any atom is 0.118 e. The Morgan fingerprint density at radius 2 is 1.65 bits per heavy atom. The predicted octanol–water partition coefficient (Wildman–Crippen LogP) is 4.31. The Morgan fingerprint density at radius 3 is 2.30 bits per heavy atom. The molecule has 3 nitrogen and oxygen atoms in total. The van der Waals surface area contributed by atoms with E-state index in [1.807, 2.05) is 65.6 Å². The zero-order valence-electron chi connectivity index (χ0n) is 11.0. The minimum atomic E-state index is 0.856. The van der Waals surface area contributed by atoms with E-state index in [1.54, 1.807) is 7.11 Å². The maximum atomic E-state index is 5.17. The minimum Gasteiger partial charge on any atom is -0.497 e. The van der Waals surface area contributed by atoms with E-state index >= 15 is 0 Å². The van der Waals surface area contributed by atoms with Gasteiger partial charge in [0.15, 0.2) is 0 Å². The highest BCUT2D eigenvalue weighted by molar-refractivity contribution is 9.10. The molecule has 0 atom stereocenters. The van der Waals surface area contributed by atoms with Gasteiger partial charge in [-0.15, -0.1) is 0 Å². The van der Waals surface area contributed by atoms with Gasteiger partial charge >= 0.3 is 0 Å². The van der Waals surface area contributed by atoms with Crippen LogP contribution in [0.5, 0.6) is 5.75 Å². The van der Waals surface area contributed by atoms with Crippen LogP contribution in [-0.2, 0) is 0 Å². The molecule has 0 unspecified atom stereocenters. The summed E-state index contributed by atoms with van der Waals surface area (Å²) in [5.74, 6) is 0.856. The highest BCUT2D eigenvalue weighted by Gasteiger charge is 2.03. The van der Waals surface area contributed by atoms with Crippen molar-refractivity contribution in [3.8, 4) is 22.6 Å². The standard InChI is InChI=1S/C16H13BrN2O/c1-20-16-8-2-12(3-9-16)13-10-18-19(11-13)15-6-4-14(17)5-7-15/h2-11H,1H3. The summed E-state index contributed by atoms with van der Waals surface area (Å²) in [6, 6.07) is 16.0. The van der Waals surface area contributed by atoms with Crippen molar-refractivity contribution >= 4 is 15.9 Å². The van der Waals surface area contributed by atoms with Gasteiger partial charge in [0.1, 0.15) is 5.75 Å². The molecule has 0 fully saturated rings. The van der Waals surface area contributed by atoms with Crippen LogP contribution in [0.15, 0.2) is 65.4 Å². The second-order valence-corrected chi connectivity index (χ2v) is 5.29. The summed E-state index contributed by atoms with van der Waals surface area (Å²) >= 11 is 3.43. The molecule has 0 aliphatic heterocycles. The smallest absolute Gasteiger partial charge is 0.118 e. The van der Waals surface area contributed by atoms with Crippen LogP contribution >= 0.6 is 15.9 Å². The fraction of sp³-hybridized carbons (Fsp3) is 0.0625. The Labute approximate surface area is 125 Å². The van der Waals surface area contributed by atoms with Gasteiger partial charge in [0, 0.05) is 16.2 Å². The third kappa shape index (κ3) is 2.60. The van der Waals surface area contributed by atoms with Crippen LogP contribution in [0.2, 0.25) is 0 Å². The molecule has 0 aliphatic rings. The molecular weight excluding hydrogens is 316 g/mol. The lowest BCUT2D eigenvalue weighted by Crippen LogP contribution is -1.92. The van der Waals surface area contributed by atoms with Crippen LogP contribution in [0.3, 0.4) is 0 Å². The Hall–Kier alpha value is -2.07. The Kier molecular flexibility index (Phi) is 3.56. The van der Waals surface area contributed by atoms with Gasteiger partial charge in [-0.05, 0) is 42.0 Å². The summed E-state index contributed by atoms with van der Waals surface area (Å²) in [6.07, 6.45) is 3.88. The number of methoxy groups -OCH3 is 1. The second kappa shape index (κ2) is 5.51. The van der Waals surface area contributed by atoms with Crippen LogP contribution in [0.1, 0.15) is 0 Å². The van der Waals surface area contributed by atoms with E-state index in [0.29, 0.717) is 0 Å². The summed E-state index contributed by atoms with van der Waals surface area (Å²) in [4.78, 5) is 0. The van der Waals surface area contributed by atoms with E-state index in [1.165, 1.54) is 0 Å². The lowest BCUT2D eigenvalue weighted by Gasteiger charge is -2.02. The lowest BCUT2D eigenvalue weighted by atomic mass is 10.1. The van der Waals surface area contributed by atoms with E-state index in [2.05, 4.69) is 21.0 Å². The molecule has 100 valence electrons. The van der Waals surface area contributed by atoms with Crippen LogP contribution in [-0.4, -0.2) is 16.9 Å². The van der Waals surface area contributed by atoms with Gasteiger partial charge in [-0.1, -0.05) is 28.1 Å². The molecule has 0 spiro atoms. The molecular formula is C16H13BrN2O. The number of aromatic nitrogens is 2. The normalized spacial score (nSPS) is 10.5. The molecule has 4 heteroatoms. The van der Waals surface area contributed by atoms with Crippen molar-refractivity contribution in [3.63, 3.8) is 0 Å². The number of rotatable bonds is 3. The average Bonchev–Trinajstić information content (AvgIpc) is 2.98. The molecule has 0 saturated carbocycles. The van der Waals surface area contributed by atoms with E-state index < -0.39 is 0 Å². The van der Waals surface area contributed by atoms with Crippen molar-refractivity contribution < 1.29 is 4.74 Å². The number of ether oxygens (including phenoxy) is 1. The number of halogens is 1. The number of hydrogen-bond acceptors (Lipinski definition) is 2. The Morgan fingerprint density at radius 1 is 0.950 bits per heavy atom. The van der Waals surface area contributed by atoms with Gasteiger partial charge in [-0.3, -0.25) is 0 Å². The van der Waals surface area contributed by atoms with Gasteiger partial charge in [0.25, 0.3) is 0 Å². The van der Waals surface area contributed by atoms with E-state index in [4.69, 9.17) is 4.74 Å². The minimum absolute atomic E-state index is 0.856. The molecule has 0 amide bonds. The van der Waals surface area contributed by atoms with E-state index in [-0.39, 0.29) is 0 Å². The molecule has 3 rings (SSSR count). The molecule has 0 radical (unpaired) electrons. The molecule has 1 heterocycles. The first-order chi connectivity index (χ1) is 9.76. The predicted molar refractivity (Wildman–Crippen MR) is 83.3 cm³/mol. The number of benzene rings is 2. The fourth-order valence-corrected chi connectivity index (χ4v) is 2.25. The summed E-state index contributed by atoms with van der Waals surface area (Å²) in [5, 5.41) is 4.41. The van der Waals surface area contributed by atoms with Crippen LogP contribution in [0, 0.1) is 0 Å². The zero-order chi connectivity index (χ0) is 13.9. The van der Waals surface area contributed by atoms with E-state index in [0.717, 1.165) is 27.0 Å². The summed E-state index contributed by atoms with van der Waals surface area (Å²) < 4.78 is 8.09. The molecule has 3 aromatic rings. The molecule has 0 N–H and O–H groups in total. The summed E-state index contributed by atoms with van der Waals surface area (Å²) in [6.45, 7) is 0.